The highest BCUT2D eigenvalue weighted by molar-refractivity contribution is 9.10. The Balaban J connectivity index is 2.93. The molecule has 0 atom stereocenters. The predicted octanol–water partition coefficient (Wildman–Crippen LogP) is 2.20. The highest BCUT2D eigenvalue weighted by atomic mass is 79.9. The van der Waals surface area contributed by atoms with Gasteiger partial charge in [0.2, 0.25) is 0 Å². The van der Waals surface area contributed by atoms with Crippen LogP contribution < -0.4 is 0 Å². The first-order chi connectivity index (χ1) is 6.81. The number of halogens is 3. The van der Waals surface area contributed by atoms with Crippen molar-refractivity contribution in [2.24, 2.45) is 0 Å². The van der Waals surface area contributed by atoms with Gasteiger partial charge in [-0.2, -0.15) is 8.42 Å². The lowest BCUT2D eigenvalue weighted by molar-refractivity contribution is 0.303. The van der Waals surface area contributed by atoms with Crippen LogP contribution in [-0.4, -0.2) is 14.7 Å². The Morgan fingerprint density at radius 1 is 1.33 bits per heavy atom. The lowest BCUT2D eigenvalue weighted by Gasteiger charge is -2.04. The third kappa shape index (κ3) is 3.51. The lowest BCUT2D eigenvalue weighted by atomic mass is 10.2. The molecule has 0 saturated heterocycles. The Morgan fingerprint density at radius 2 is 1.93 bits per heavy atom. The summed E-state index contributed by atoms with van der Waals surface area (Å²) in [6, 6.07) is 2.52. The van der Waals surface area contributed by atoms with Gasteiger partial charge in [0.1, 0.15) is 0 Å². The molecule has 1 rings (SSSR count). The summed E-state index contributed by atoms with van der Waals surface area (Å²) in [6.45, 7) is -0.519. The van der Waals surface area contributed by atoms with E-state index in [-0.39, 0.29) is 10.0 Å². The van der Waals surface area contributed by atoms with E-state index < -0.39 is 28.4 Å². The average molecular weight is 301 g/mol. The van der Waals surface area contributed by atoms with Gasteiger partial charge >= 0.3 is 0 Å². The SMILES string of the molecule is CS(=O)(=O)OCc1ccc(Br)c(F)c1F. The molecule has 0 fully saturated rings. The monoisotopic (exact) mass is 300 g/mol. The second-order valence-corrected chi connectivity index (χ2v) is 5.30. The topological polar surface area (TPSA) is 43.4 Å². The standard InChI is InChI=1S/C8H7BrF2O3S/c1-15(12,13)14-4-5-2-3-6(9)8(11)7(5)10/h2-3H,4H2,1H3. The number of benzene rings is 1. The van der Waals surface area contributed by atoms with Crippen molar-refractivity contribution in [3.63, 3.8) is 0 Å². The molecule has 0 bridgehead atoms. The fraction of sp³-hybridized carbons (Fsp3) is 0.250. The molecule has 0 N–H and O–H groups in total. The zero-order valence-corrected chi connectivity index (χ0v) is 10.0. The quantitative estimate of drug-likeness (QED) is 0.635. The van der Waals surface area contributed by atoms with E-state index in [1.54, 1.807) is 0 Å². The van der Waals surface area contributed by atoms with Gasteiger partial charge in [-0.05, 0) is 22.0 Å². The van der Waals surface area contributed by atoms with Gasteiger partial charge in [-0.3, -0.25) is 4.18 Å². The van der Waals surface area contributed by atoms with E-state index in [0.29, 0.717) is 0 Å². The summed E-state index contributed by atoms with van der Waals surface area (Å²) < 4.78 is 51.7. The van der Waals surface area contributed by atoms with Crippen molar-refractivity contribution in [1.82, 2.24) is 0 Å². The molecule has 0 saturated carbocycles. The first-order valence-corrected chi connectivity index (χ1v) is 6.39. The largest absolute Gasteiger partial charge is 0.265 e. The zero-order chi connectivity index (χ0) is 11.6. The average Bonchev–Trinajstić information content (AvgIpc) is 2.12. The summed E-state index contributed by atoms with van der Waals surface area (Å²) in [6.07, 6.45) is 0.833. The van der Waals surface area contributed by atoms with Crippen molar-refractivity contribution in [1.29, 1.82) is 0 Å². The number of hydrogen-bond donors (Lipinski definition) is 0. The molecule has 84 valence electrons. The molecule has 0 spiro atoms. The van der Waals surface area contributed by atoms with Crippen LogP contribution in [0.3, 0.4) is 0 Å². The molecule has 1 aromatic rings. The van der Waals surface area contributed by atoms with Crippen LogP contribution in [0.1, 0.15) is 5.56 Å². The minimum Gasteiger partial charge on any atom is -0.265 e. The van der Waals surface area contributed by atoms with Gasteiger partial charge in [0.15, 0.2) is 11.6 Å². The molecule has 0 aliphatic carbocycles. The summed E-state index contributed by atoms with van der Waals surface area (Å²) in [5.41, 5.74) is -0.152. The Bertz CT molecular complexity index is 473. The van der Waals surface area contributed by atoms with Crippen LogP contribution in [0, 0.1) is 11.6 Å². The van der Waals surface area contributed by atoms with Gasteiger partial charge in [0, 0.05) is 5.56 Å². The molecule has 0 aliphatic heterocycles. The molecule has 0 radical (unpaired) electrons. The van der Waals surface area contributed by atoms with Gasteiger partial charge in [0.25, 0.3) is 10.1 Å². The van der Waals surface area contributed by atoms with Gasteiger partial charge in [-0.1, -0.05) is 6.07 Å². The van der Waals surface area contributed by atoms with E-state index in [4.69, 9.17) is 0 Å². The van der Waals surface area contributed by atoms with Crippen molar-refractivity contribution in [3.05, 3.63) is 33.8 Å². The zero-order valence-electron chi connectivity index (χ0n) is 7.63. The second-order valence-electron chi connectivity index (χ2n) is 2.80. The summed E-state index contributed by atoms with van der Waals surface area (Å²) in [7, 11) is -3.66. The molecule has 0 heterocycles. The van der Waals surface area contributed by atoms with Crippen molar-refractivity contribution in [2.75, 3.05) is 6.26 Å². The van der Waals surface area contributed by atoms with Gasteiger partial charge in [-0.15, -0.1) is 0 Å². The van der Waals surface area contributed by atoms with Crippen molar-refractivity contribution < 1.29 is 21.4 Å². The number of hydrogen-bond acceptors (Lipinski definition) is 3. The normalized spacial score (nSPS) is 11.7. The van der Waals surface area contributed by atoms with Crippen LogP contribution in [0.5, 0.6) is 0 Å². The van der Waals surface area contributed by atoms with Crippen LogP contribution in [0.2, 0.25) is 0 Å². The summed E-state index contributed by atoms with van der Waals surface area (Å²) in [4.78, 5) is 0. The highest BCUT2D eigenvalue weighted by Gasteiger charge is 2.13. The highest BCUT2D eigenvalue weighted by Crippen LogP contribution is 2.21. The minimum atomic E-state index is -3.66. The molecule has 0 unspecified atom stereocenters. The molecule has 15 heavy (non-hydrogen) atoms. The Morgan fingerprint density at radius 3 is 2.47 bits per heavy atom. The van der Waals surface area contributed by atoms with Gasteiger partial charge in [-0.25, -0.2) is 8.78 Å². The Labute approximate surface area is 94.3 Å². The first-order valence-electron chi connectivity index (χ1n) is 3.78. The second kappa shape index (κ2) is 4.54. The first kappa shape index (κ1) is 12.5. The van der Waals surface area contributed by atoms with Crippen LogP contribution >= 0.6 is 15.9 Å². The predicted molar refractivity (Wildman–Crippen MR) is 53.7 cm³/mol. The van der Waals surface area contributed by atoms with Crippen molar-refractivity contribution in [3.8, 4) is 0 Å². The van der Waals surface area contributed by atoms with Crippen LogP contribution in [0.25, 0.3) is 0 Å². The molecular weight excluding hydrogens is 294 g/mol. The molecule has 3 nitrogen and oxygen atoms in total. The molecule has 0 aromatic heterocycles. The molecule has 0 amide bonds. The summed E-state index contributed by atoms with van der Waals surface area (Å²) in [5.74, 6) is -2.18. The number of rotatable bonds is 3. The fourth-order valence-corrected chi connectivity index (χ4v) is 1.50. The smallest absolute Gasteiger partial charge is 0.264 e. The molecule has 0 aliphatic rings. The van der Waals surface area contributed by atoms with E-state index in [2.05, 4.69) is 20.1 Å². The minimum absolute atomic E-state index is 0.0249. The lowest BCUT2D eigenvalue weighted by Crippen LogP contribution is -2.05. The van der Waals surface area contributed by atoms with Crippen molar-refractivity contribution in [2.45, 2.75) is 6.61 Å². The Kier molecular flexibility index (Phi) is 3.80. The van der Waals surface area contributed by atoms with E-state index in [0.717, 1.165) is 6.26 Å². The molecular formula is C8H7BrF2O3S. The van der Waals surface area contributed by atoms with E-state index in [9.17, 15) is 17.2 Å². The van der Waals surface area contributed by atoms with Crippen LogP contribution in [0.15, 0.2) is 16.6 Å². The van der Waals surface area contributed by atoms with E-state index in [1.165, 1.54) is 12.1 Å². The Hall–Kier alpha value is -0.530. The van der Waals surface area contributed by atoms with Gasteiger partial charge < -0.3 is 0 Å². The summed E-state index contributed by atoms with van der Waals surface area (Å²) in [5, 5.41) is 0. The van der Waals surface area contributed by atoms with Crippen LogP contribution in [0.4, 0.5) is 8.78 Å². The van der Waals surface area contributed by atoms with Gasteiger partial charge in [0.05, 0.1) is 17.3 Å². The van der Waals surface area contributed by atoms with Crippen molar-refractivity contribution >= 4 is 26.0 Å². The van der Waals surface area contributed by atoms with Crippen LogP contribution in [-0.2, 0) is 20.9 Å². The maximum Gasteiger partial charge on any atom is 0.264 e. The van der Waals surface area contributed by atoms with E-state index >= 15 is 0 Å². The maximum atomic E-state index is 13.2. The summed E-state index contributed by atoms with van der Waals surface area (Å²) >= 11 is 2.80. The third-order valence-corrected chi connectivity index (χ3v) is 2.70. The molecule has 1 aromatic carbocycles. The maximum absolute atomic E-state index is 13.2. The van der Waals surface area contributed by atoms with E-state index in [1.807, 2.05) is 0 Å². The fourth-order valence-electron chi connectivity index (χ4n) is 0.848. The third-order valence-electron chi connectivity index (χ3n) is 1.54. The molecule has 7 heteroatoms.